The minimum Gasteiger partial charge on any atom is -0.454 e. The lowest BCUT2D eigenvalue weighted by molar-refractivity contribution is 0.0475. The average molecular weight is 357 g/mol. The zero-order chi connectivity index (χ0) is 18.6. The van der Waals surface area contributed by atoms with Gasteiger partial charge >= 0.3 is 5.97 Å². The quantitative estimate of drug-likeness (QED) is 0.387. The molecule has 0 aliphatic heterocycles. The summed E-state index contributed by atoms with van der Waals surface area (Å²) in [6.45, 7) is -0.329. The number of hydrogen-bond acceptors (Lipinski definition) is 5. The predicted octanol–water partition coefficient (Wildman–Crippen LogP) is 4.53. The number of ether oxygens (including phenoxy) is 1. The molecule has 0 aliphatic rings. The van der Waals surface area contributed by atoms with E-state index in [0.29, 0.717) is 33.7 Å². The number of hydrogen-bond donors (Lipinski definition) is 0. The van der Waals surface area contributed by atoms with Gasteiger partial charge in [0.05, 0.1) is 11.1 Å². The normalized spacial score (nSPS) is 10.7. The van der Waals surface area contributed by atoms with Gasteiger partial charge in [0.25, 0.3) is 0 Å². The number of oxazole rings is 1. The molecule has 0 aliphatic carbocycles. The van der Waals surface area contributed by atoms with Crippen molar-refractivity contribution in [1.29, 1.82) is 0 Å². The Kier molecular flexibility index (Phi) is 4.49. The van der Waals surface area contributed by atoms with Crippen LogP contribution >= 0.6 is 0 Å². The van der Waals surface area contributed by atoms with Crippen LogP contribution in [0.2, 0.25) is 0 Å². The number of ketones is 1. The fraction of sp³-hybridized carbons (Fsp3) is 0.0455. The minimum absolute atomic E-state index is 0.261. The topological polar surface area (TPSA) is 69.4 Å². The van der Waals surface area contributed by atoms with Gasteiger partial charge in [-0.2, -0.15) is 0 Å². The molecule has 0 saturated heterocycles. The van der Waals surface area contributed by atoms with Crippen molar-refractivity contribution in [3.05, 3.63) is 90.0 Å². The van der Waals surface area contributed by atoms with E-state index in [4.69, 9.17) is 9.15 Å². The Hall–Kier alpha value is -3.73. The van der Waals surface area contributed by atoms with Crippen molar-refractivity contribution in [3.8, 4) is 11.5 Å². The standard InChI is InChI=1S/C22H15NO4/c24-19(15-8-2-1-3-9-15)14-26-22(25)17-11-5-4-10-16(17)21-23-18-12-6-7-13-20(18)27-21/h1-13H,14H2. The largest absolute Gasteiger partial charge is 0.454 e. The first-order valence-electron chi connectivity index (χ1n) is 8.43. The number of benzene rings is 3. The summed E-state index contributed by atoms with van der Waals surface area (Å²) in [5.41, 5.74) is 2.65. The Labute approximate surface area is 155 Å². The number of esters is 1. The van der Waals surface area contributed by atoms with E-state index in [9.17, 15) is 9.59 Å². The molecule has 0 N–H and O–H groups in total. The van der Waals surface area contributed by atoms with Gasteiger partial charge in [-0.25, -0.2) is 9.78 Å². The van der Waals surface area contributed by atoms with Crippen molar-refractivity contribution < 1.29 is 18.7 Å². The van der Waals surface area contributed by atoms with Crippen molar-refractivity contribution >= 4 is 22.9 Å². The predicted molar refractivity (Wildman–Crippen MR) is 101 cm³/mol. The Morgan fingerprint density at radius 2 is 1.56 bits per heavy atom. The van der Waals surface area contributed by atoms with Gasteiger partial charge in [-0.05, 0) is 24.3 Å². The number of Topliss-reactive ketones (excluding diaryl/α,β-unsaturated/α-hetero) is 1. The Morgan fingerprint density at radius 1 is 0.852 bits per heavy atom. The Morgan fingerprint density at radius 3 is 2.37 bits per heavy atom. The van der Waals surface area contributed by atoms with Crippen molar-refractivity contribution in [1.82, 2.24) is 4.98 Å². The number of carbonyl (C=O) groups excluding carboxylic acids is 2. The second kappa shape index (κ2) is 7.25. The van der Waals surface area contributed by atoms with Gasteiger partial charge in [0.2, 0.25) is 5.89 Å². The van der Waals surface area contributed by atoms with E-state index in [2.05, 4.69) is 4.98 Å². The molecule has 1 heterocycles. The van der Waals surface area contributed by atoms with Crippen LogP contribution in [-0.4, -0.2) is 23.3 Å². The van der Waals surface area contributed by atoms with E-state index in [0.717, 1.165) is 0 Å². The SMILES string of the molecule is O=C(COC(=O)c1ccccc1-c1nc2ccccc2o1)c1ccccc1. The fourth-order valence-electron chi connectivity index (χ4n) is 2.75. The molecule has 1 aromatic heterocycles. The molecular weight excluding hydrogens is 342 g/mol. The van der Waals surface area contributed by atoms with Gasteiger partial charge in [0, 0.05) is 5.56 Å². The second-order valence-electron chi connectivity index (χ2n) is 5.90. The summed E-state index contributed by atoms with van der Waals surface area (Å²) in [5, 5.41) is 0. The molecule has 5 heteroatoms. The molecule has 0 bridgehead atoms. The van der Waals surface area contributed by atoms with Crippen molar-refractivity contribution in [2.75, 3.05) is 6.61 Å². The molecule has 0 amide bonds. The van der Waals surface area contributed by atoms with Crippen LogP contribution in [0.5, 0.6) is 0 Å². The third-order valence-electron chi connectivity index (χ3n) is 4.10. The highest BCUT2D eigenvalue weighted by molar-refractivity contribution is 6.01. The molecule has 4 rings (SSSR count). The molecule has 0 spiro atoms. The molecule has 0 unspecified atom stereocenters. The first kappa shape index (κ1) is 16.7. The fourth-order valence-corrected chi connectivity index (χ4v) is 2.75. The van der Waals surface area contributed by atoms with Crippen LogP contribution in [0.1, 0.15) is 20.7 Å². The molecule has 3 aromatic carbocycles. The third kappa shape index (κ3) is 3.48. The first-order valence-corrected chi connectivity index (χ1v) is 8.43. The number of aromatic nitrogens is 1. The van der Waals surface area contributed by atoms with Gasteiger partial charge < -0.3 is 9.15 Å². The number of rotatable bonds is 5. The second-order valence-corrected chi connectivity index (χ2v) is 5.90. The molecule has 0 atom stereocenters. The van der Waals surface area contributed by atoms with Crippen molar-refractivity contribution in [2.24, 2.45) is 0 Å². The average Bonchev–Trinajstić information content (AvgIpc) is 3.16. The Balaban J connectivity index is 1.57. The van der Waals surface area contributed by atoms with Gasteiger partial charge in [0.15, 0.2) is 18.0 Å². The maximum Gasteiger partial charge on any atom is 0.339 e. The molecule has 4 aromatic rings. The molecular formula is C22H15NO4. The molecule has 5 nitrogen and oxygen atoms in total. The molecule has 0 fully saturated rings. The highest BCUT2D eigenvalue weighted by Crippen LogP contribution is 2.27. The van der Waals surface area contributed by atoms with Crippen LogP contribution in [0.3, 0.4) is 0 Å². The van der Waals surface area contributed by atoms with Crippen LogP contribution in [0.25, 0.3) is 22.6 Å². The van der Waals surface area contributed by atoms with E-state index in [1.807, 2.05) is 30.3 Å². The van der Waals surface area contributed by atoms with Crippen LogP contribution < -0.4 is 0 Å². The minimum atomic E-state index is -0.600. The van der Waals surface area contributed by atoms with Gasteiger partial charge in [0.1, 0.15) is 5.52 Å². The number of fused-ring (bicyclic) bond motifs is 1. The monoisotopic (exact) mass is 357 g/mol. The zero-order valence-electron chi connectivity index (χ0n) is 14.3. The zero-order valence-corrected chi connectivity index (χ0v) is 14.3. The molecule has 0 radical (unpaired) electrons. The van der Waals surface area contributed by atoms with Gasteiger partial charge in [-0.1, -0.05) is 54.6 Å². The van der Waals surface area contributed by atoms with E-state index < -0.39 is 5.97 Å². The Bertz CT molecular complexity index is 1080. The smallest absolute Gasteiger partial charge is 0.339 e. The lowest BCUT2D eigenvalue weighted by Crippen LogP contribution is -2.14. The summed E-state index contributed by atoms with van der Waals surface area (Å²) in [7, 11) is 0. The van der Waals surface area contributed by atoms with Crippen LogP contribution in [0.4, 0.5) is 0 Å². The van der Waals surface area contributed by atoms with Crippen LogP contribution in [-0.2, 0) is 4.74 Å². The van der Waals surface area contributed by atoms with E-state index in [1.165, 1.54) is 0 Å². The maximum atomic E-state index is 12.5. The summed E-state index contributed by atoms with van der Waals surface area (Å²) in [4.78, 5) is 29.1. The summed E-state index contributed by atoms with van der Waals surface area (Å²) in [6, 6.07) is 22.9. The van der Waals surface area contributed by atoms with Crippen molar-refractivity contribution in [3.63, 3.8) is 0 Å². The van der Waals surface area contributed by atoms with E-state index >= 15 is 0 Å². The van der Waals surface area contributed by atoms with E-state index in [-0.39, 0.29) is 12.4 Å². The first-order chi connectivity index (χ1) is 13.2. The lowest BCUT2D eigenvalue weighted by Gasteiger charge is -2.07. The molecule has 132 valence electrons. The third-order valence-corrected chi connectivity index (χ3v) is 4.10. The summed E-state index contributed by atoms with van der Waals surface area (Å²) in [6.07, 6.45) is 0. The molecule has 27 heavy (non-hydrogen) atoms. The maximum absolute atomic E-state index is 12.5. The summed E-state index contributed by atoms with van der Waals surface area (Å²) < 4.78 is 11.0. The lowest BCUT2D eigenvalue weighted by atomic mass is 10.1. The summed E-state index contributed by atoms with van der Waals surface area (Å²) >= 11 is 0. The molecule has 0 saturated carbocycles. The number of nitrogens with zero attached hydrogens (tertiary/aromatic N) is 1. The van der Waals surface area contributed by atoms with Crippen molar-refractivity contribution in [2.45, 2.75) is 0 Å². The highest BCUT2D eigenvalue weighted by atomic mass is 16.5. The highest BCUT2D eigenvalue weighted by Gasteiger charge is 2.19. The van der Waals surface area contributed by atoms with Gasteiger partial charge in [-0.3, -0.25) is 4.79 Å². The summed E-state index contributed by atoms with van der Waals surface area (Å²) in [5.74, 6) is -0.529. The number of para-hydroxylation sites is 2. The van der Waals surface area contributed by atoms with Crippen LogP contribution in [0, 0.1) is 0 Å². The van der Waals surface area contributed by atoms with Crippen LogP contribution in [0.15, 0.2) is 83.3 Å². The van der Waals surface area contributed by atoms with E-state index in [1.54, 1.807) is 48.5 Å². The van der Waals surface area contributed by atoms with Gasteiger partial charge in [-0.15, -0.1) is 0 Å². The number of carbonyl (C=O) groups is 2.